The van der Waals surface area contributed by atoms with E-state index in [0.717, 1.165) is 12.8 Å². The van der Waals surface area contributed by atoms with Crippen molar-refractivity contribution in [2.24, 2.45) is 0 Å². The number of pyridine rings is 1. The molecule has 0 radical (unpaired) electrons. The topological polar surface area (TPSA) is 81.4 Å². The van der Waals surface area contributed by atoms with Crippen LogP contribution in [0, 0.1) is 11.3 Å². The van der Waals surface area contributed by atoms with Gasteiger partial charge in [0, 0.05) is 19.0 Å². The number of rotatable bonds is 6. The van der Waals surface area contributed by atoms with Crippen LogP contribution >= 0.6 is 0 Å². The minimum absolute atomic E-state index is 0.00509. The normalized spacial score (nSPS) is 13.2. The van der Waals surface area contributed by atoms with Gasteiger partial charge in [-0.05, 0) is 46.5 Å². The maximum Gasteiger partial charge on any atom is 0.337 e. The standard InChI is InChI=1S/C26H22N2O4/c1-30-25-24(32-23-13-19-6-3-4-7-20(19)14-23)11-17(16-28-25)10-22(15-27)18-8-5-9-21(12-18)26(29)31-2/h3-12,16,23H,13-14H2,1-2H3. The fourth-order valence-electron chi connectivity index (χ4n) is 3.82. The van der Waals surface area contributed by atoms with Gasteiger partial charge in [-0.2, -0.15) is 5.26 Å². The van der Waals surface area contributed by atoms with Gasteiger partial charge in [0.15, 0.2) is 5.75 Å². The van der Waals surface area contributed by atoms with Crippen molar-refractivity contribution in [3.8, 4) is 17.7 Å². The van der Waals surface area contributed by atoms with Gasteiger partial charge in [0.05, 0.1) is 31.4 Å². The van der Waals surface area contributed by atoms with Crippen LogP contribution in [0.15, 0.2) is 60.8 Å². The lowest BCUT2D eigenvalue weighted by molar-refractivity contribution is 0.0600. The van der Waals surface area contributed by atoms with Crippen LogP contribution in [0.25, 0.3) is 11.6 Å². The van der Waals surface area contributed by atoms with E-state index in [1.165, 1.54) is 18.2 Å². The predicted molar refractivity (Wildman–Crippen MR) is 120 cm³/mol. The Bertz CT molecular complexity index is 1200. The Labute approximate surface area is 186 Å². The minimum atomic E-state index is -0.455. The van der Waals surface area contributed by atoms with Crippen LogP contribution in [0.2, 0.25) is 0 Å². The van der Waals surface area contributed by atoms with Crippen molar-refractivity contribution in [3.63, 3.8) is 0 Å². The lowest BCUT2D eigenvalue weighted by atomic mass is 10.0. The summed E-state index contributed by atoms with van der Waals surface area (Å²) in [5, 5.41) is 9.72. The number of allylic oxidation sites excluding steroid dienone is 1. The number of carbonyl (C=O) groups is 1. The first-order chi connectivity index (χ1) is 15.6. The Balaban J connectivity index is 1.61. The van der Waals surface area contributed by atoms with Gasteiger partial charge in [-0.1, -0.05) is 36.4 Å². The second-order valence-electron chi connectivity index (χ2n) is 7.44. The molecular formula is C26H22N2O4. The minimum Gasteiger partial charge on any atom is -0.484 e. The van der Waals surface area contributed by atoms with E-state index >= 15 is 0 Å². The first-order valence-corrected chi connectivity index (χ1v) is 10.2. The maximum atomic E-state index is 11.8. The Hall–Kier alpha value is -4.11. The number of methoxy groups -OCH3 is 2. The van der Waals surface area contributed by atoms with Crippen LogP contribution in [0.3, 0.4) is 0 Å². The summed E-state index contributed by atoms with van der Waals surface area (Å²) in [6.45, 7) is 0. The molecule has 1 aliphatic rings. The molecule has 0 amide bonds. The average molecular weight is 426 g/mol. The van der Waals surface area contributed by atoms with Gasteiger partial charge in [-0.3, -0.25) is 0 Å². The Morgan fingerprint density at radius 1 is 1.06 bits per heavy atom. The summed E-state index contributed by atoms with van der Waals surface area (Å²) in [6.07, 6.45) is 4.97. The molecule has 0 saturated carbocycles. The molecule has 0 spiro atoms. The van der Waals surface area contributed by atoms with E-state index in [1.54, 1.807) is 43.6 Å². The van der Waals surface area contributed by atoms with Crippen molar-refractivity contribution < 1.29 is 19.0 Å². The summed E-state index contributed by atoms with van der Waals surface area (Å²) in [6, 6.07) is 19.1. The molecule has 0 fully saturated rings. The molecule has 0 N–H and O–H groups in total. The average Bonchev–Trinajstić information content (AvgIpc) is 3.24. The summed E-state index contributed by atoms with van der Waals surface area (Å²) in [5.41, 5.74) is 4.65. The number of fused-ring (bicyclic) bond motifs is 1. The smallest absolute Gasteiger partial charge is 0.337 e. The highest BCUT2D eigenvalue weighted by atomic mass is 16.5. The second-order valence-corrected chi connectivity index (χ2v) is 7.44. The summed E-state index contributed by atoms with van der Waals surface area (Å²) in [4.78, 5) is 16.2. The lowest BCUT2D eigenvalue weighted by Crippen LogP contribution is -2.17. The van der Waals surface area contributed by atoms with Crippen LogP contribution in [0.5, 0.6) is 11.6 Å². The molecule has 32 heavy (non-hydrogen) atoms. The quantitative estimate of drug-likeness (QED) is 0.427. The third-order valence-corrected chi connectivity index (χ3v) is 5.37. The molecule has 2 aromatic carbocycles. The molecule has 1 heterocycles. The third-order valence-electron chi connectivity index (χ3n) is 5.37. The van der Waals surface area contributed by atoms with Gasteiger partial charge in [-0.25, -0.2) is 9.78 Å². The van der Waals surface area contributed by atoms with Crippen LogP contribution < -0.4 is 9.47 Å². The Kier molecular flexibility index (Phi) is 6.18. The van der Waals surface area contributed by atoms with Crippen molar-refractivity contribution >= 4 is 17.6 Å². The van der Waals surface area contributed by atoms with Crippen molar-refractivity contribution in [2.45, 2.75) is 18.9 Å². The molecule has 4 rings (SSSR count). The van der Waals surface area contributed by atoms with E-state index in [1.807, 2.05) is 18.2 Å². The van der Waals surface area contributed by atoms with Crippen LogP contribution in [-0.2, 0) is 17.6 Å². The first-order valence-electron chi connectivity index (χ1n) is 10.2. The molecular weight excluding hydrogens is 404 g/mol. The fraction of sp³-hybridized carbons (Fsp3) is 0.192. The van der Waals surface area contributed by atoms with Crippen LogP contribution in [0.1, 0.15) is 32.6 Å². The van der Waals surface area contributed by atoms with E-state index < -0.39 is 5.97 Å². The van der Waals surface area contributed by atoms with E-state index in [0.29, 0.717) is 33.9 Å². The van der Waals surface area contributed by atoms with Gasteiger partial charge in [0.1, 0.15) is 6.10 Å². The molecule has 0 aliphatic heterocycles. The van der Waals surface area contributed by atoms with Crippen molar-refractivity contribution in [1.29, 1.82) is 5.26 Å². The summed E-state index contributed by atoms with van der Waals surface area (Å²) < 4.78 is 16.4. The molecule has 1 aliphatic carbocycles. The number of nitriles is 1. The molecule has 0 bridgehead atoms. The molecule has 6 heteroatoms. The molecule has 0 unspecified atom stereocenters. The van der Waals surface area contributed by atoms with Gasteiger partial charge in [0.2, 0.25) is 0 Å². The van der Waals surface area contributed by atoms with Crippen LogP contribution in [-0.4, -0.2) is 31.3 Å². The zero-order valence-corrected chi connectivity index (χ0v) is 17.9. The SMILES string of the molecule is COC(=O)c1cccc(C(C#N)=Cc2cnc(OC)c(OC3Cc4ccccc4C3)c2)c1. The van der Waals surface area contributed by atoms with E-state index in [9.17, 15) is 10.1 Å². The zero-order valence-electron chi connectivity index (χ0n) is 17.9. The number of nitrogens with zero attached hydrogens (tertiary/aromatic N) is 2. The van der Waals surface area contributed by atoms with E-state index in [-0.39, 0.29) is 6.10 Å². The van der Waals surface area contributed by atoms with E-state index in [4.69, 9.17) is 14.2 Å². The first kappa shape index (κ1) is 21.1. The molecule has 160 valence electrons. The highest BCUT2D eigenvalue weighted by Gasteiger charge is 2.24. The largest absolute Gasteiger partial charge is 0.484 e. The van der Waals surface area contributed by atoms with Gasteiger partial charge >= 0.3 is 5.97 Å². The zero-order chi connectivity index (χ0) is 22.5. The molecule has 1 aromatic heterocycles. The Morgan fingerprint density at radius 3 is 2.44 bits per heavy atom. The van der Waals surface area contributed by atoms with E-state index in [2.05, 4.69) is 23.2 Å². The number of hydrogen-bond donors (Lipinski definition) is 0. The highest BCUT2D eigenvalue weighted by molar-refractivity contribution is 5.94. The molecule has 3 aromatic rings. The fourth-order valence-corrected chi connectivity index (χ4v) is 3.82. The third kappa shape index (κ3) is 4.47. The molecule has 6 nitrogen and oxygen atoms in total. The van der Waals surface area contributed by atoms with Crippen molar-refractivity contribution in [1.82, 2.24) is 4.98 Å². The Morgan fingerprint density at radius 2 is 1.78 bits per heavy atom. The highest BCUT2D eigenvalue weighted by Crippen LogP contribution is 2.32. The number of carbonyl (C=O) groups excluding carboxylic acids is 1. The van der Waals surface area contributed by atoms with Crippen molar-refractivity contribution in [3.05, 3.63) is 88.6 Å². The number of esters is 1. The second kappa shape index (κ2) is 9.36. The lowest BCUT2D eigenvalue weighted by Gasteiger charge is -2.15. The monoisotopic (exact) mass is 426 g/mol. The maximum absolute atomic E-state index is 11.8. The summed E-state index contributed by atoms with van der Waals surface area (Å²) in [5.74, 6) is 0.465. The van der Waals surface area contributed by atoms with Gasteiger partial charge < -0.3 is 14.2 Å². The van der Waals surface area contributed by atoms with Crippen molar-refractivity contribution in [2.75, 3.05) is 14.2 Å². The number of benzene rings is 2. The predicted octanol–water partition coefficient (Wildman–Crippen LogP) is 4.49. The number of ether oxygens (including phenoxy) is 3. The number of hydrogen-bond acceptors (Lipinski definition) is 6. The number of aromatic nitrogens is 1. The van der Waals surface area contributed by atoms with Crippen LogP contribution in [0.4, 0.5) is 0 Å². The summed E-state index contributed by atoms with van der Waals surface area (Å²) in [7, 11) is 2.87. The molecule has 0 saturated heterocycles. The van der Waals surface area contributed by atoms with Gasteiger partial charge in [-0.15, -0.1) is 0 Å². The summed E-state index contributed by atoms with van der Waals surface area (Å²) >= 11 is 0. The van der Waals surface area contributed by atoms with Gasteiger partial charge in [0.25, 0.3) is 5.88 Å². The molecule has 0 atom stereocenters.